The van der Waals surface area contributed by atoms with Gasteiger partial charge in [0.2, 0.25) is 0 Å². The summed E-state index contributed by atoms with van der Waals surface area (Å²) in [5.74, 6) is 0.975. The van der Waals surface area contributed by atoms with Gasteiger partial charge in [-0.1, -0.05) is 6.07 Å². The average molecular weight is 234 g/mol. The lowest BCUT2D eigenvalue weighted by Gasteiger charge is -2.30. The van der Waals surface area contributed by atoms with Gasteiger partial charge in [-0.2, -0.15) is 0 Å². The zero-order valence-corrected chi connectivity index (χ0v) is 11.2. The molecule has 1 heterocycles. The summed E-state index contributed by atoms with van der Waals surface area (Å²) in [7, 11) is 5.97. The Labute approximate surface area is 104 Å². The van der Waals surface area contributed by atoms with Crippen LogP contribution in [-0.4, -0.2) is 38.7 Å². The Morgan fingerprint density at radius 3 is 2.82 bits per heavy atom. The summed E-state index contributed by atoms with van der Waals surface area (Å²) in [6.45, 7) is 3.19. The zero-order chi connectivity index (χ0) is 12.4. The highest BCUT2D eigenvalue weighted by atomic mass is 16.5. The largest absolute Gasteiger partial charge is 0.495 e. The molecule has 0 amide bonds. The van der Waals surface area contributed by atoms with Gasteiger partial charge >= 0.3 is 0 Å². The van der Waals surface area contributed by atoms with Crippen molar-refractivity contribution in [2.45, 2.75) is 25.8 Å². The van der Waals surface area contributed by atoms with Crippen LogP contribution < -0.4 is 10.1 Å². The molecular weight excluding hydrogens is 212 g/mol. The van der Waals surface area contributed by atoms with Crippen molar-refractivity contribution < 1.29 is 4.74 Å². The van der Waals surface area contributed by atoms with E-state index in [0.717, 1.165) is 18.7 Å². The second kappa shape index (κ2) is 4.96. The Hall–Kier alpha value is -1.22. The second-order valence-corrected chi connectivity index (χ2v) is 5.14. The molecule has 3 nitrogen and oxygen atoms in total. The summed E-state index contributed by atoms with van der Waals surface area (Å²) in [6, 6.07) is 4.88. The van der Waals surface area contributed by atoms with Gasteiger partial charge < -0.3 is 15.0 Å². The maximum absolute atomic E-state index is 5.47. The van der Waals surface area contributed by atoms with Gasteiger partial charge in [0.25, 0.3) is 0 Å². The summed E-state index contributed by atoms with van der Waals surface area (Å²) in [6.07, 6.45) is 2.33. The number of fused-ring (bicyclic) bond motifs is 1. The molecular formula is C14H22N2O. The minimum absolute atomic E-state index is 0.522. The third kappa shape index (κ3) is 2.72. The highest BCUT2D eigenvalue weighted by Crippen LogP contribution is 2.35. The highest BCUT2D eigenvalue weighted by molar-refractivity contribution is 5.65. The predicted octanol–water partition coefficient (Wildman–Crippen LogP) is 2.29. The average Bonchev–Trinajstić information content (AvgIpc) is 2.27. The fraction of sp³-hybridized carbons (Fsp3) is 0.571. The van der Waals surface area contributed by atoms with Crippen LogP contribution in [0.1, 0.15) is 17.5 Å². The number of methoxy groups -OCH3 is 1. The van der Waals surface area contributed by atoms with Crippen LogP contribution in [-0.2, 0) is 6.42 Å². The van der Waals surface area contributed by atoms with Gasteiger partial charge in [-0.3, -0.25) is 0 Å². The van der Waals surface area contributed by atoms with Gasteiger partial charge in [0.1, 0.15) is 5.75 Å². The molecule has 0 spiro atoms. The predicted molar refractivity (Wildman–Crippen MR) is 72.0 cm³/mol. The molecule has 0 fully saturated rings. The van der Waals surface area contributed by atoms with Crippen molar-refractivity contribution in [2.24, 2.45) is 0 Å². The van der Waals surface area contributed by atoms with Crippen LogP contribution in [0.15, 0.2) is 12.1 Å². The molecule has 2 rings (SSSR count). The first-order valence-electron chi connectivity index (χ1n) is 6.19. The number of likely N-dealkylation sites (N-methyl/N-ethyl adjacent to an activating group) is 1. The van der Waals surface area contributed by atoms with E-state index < -0.39 is 0 Å². The van der Waals surface area contributed by atoms with Crippen molar-refractivity contribution in [3.05, 3.63) is 23.3 Å². The van der Waals surface area contributed by atoms with Crippen LogP contribution in [0.25, 0.3) is 0 Å². The van der Waals surface area contributed by atoms with E-state index in [0.29, 0.717) is 6.04 Å². The van der Waals surface area contributed by atoms with E-state index in [2.05, 4.69) is 43.4 Å². The number of nitrogens with one attached hydrogen (secondary N) is 1. The molecule has 94 valence electrons. The highest BCUT2D eigenvalue weighted by Gasteiger charge is 2.21. The zero-order valence-electron chi connectivity index (χ0n) is 11.2. The summed E-state index contributed by atoms with van der Waals surface area (Å²) in [5, 5.41) is 3.61. The van der Waals surface area contributed by atoms with Crippen LogP contribution in [0, 0.1) is 6.92 Å². The lowest BCUT2D eigenvalue weighted by molar-refractivity contribution is 0.368. The smallest absolute Gasteiger partial charge is 0.142 e. The number of hydrogen-bond acceptors (Lipinski definition) is 3. The third-order valence-corrected chi connectivity index (χ3v) is 3.24. The molecule has 0 aliphatic carbocycles. The minimum Gasteiger partial charge on any atom is -0.495 e. The second-order valence-electron chi connectivity index (χ2n) is 5.14. The van der Waals surface area contributed by atoms with Crippen molar-refractivity contribution >= 4 is 5.69 Å². The Bertz CT molecular complexity index is 384. The molecule has 1 aliphatic rings. The number of nitrogens with zero attached hydrogens (tertiary/aromatic N) is 1. The molecule has 0 radical (unpaired) electrons. The van der Waals surface area contributed by atoms with E-state index in [1.807, 2.05) is 0 Å². The first-order valence-corrected chi connectivity index (χ1v) is 6.19. The molecule has 1 aliphatic heterocycles. The Morgan fingerprint density at radius 1 is 1.41 bits per heavy atom. The van der Waals surface area contributed by atoms with E-state index in [-0.39, 0.29) is 0 Å². The summed E-state index contributed by atoms with van der Waals surface area (Å²) < 4.78 is 5.47. The van der Waals surface area contributed by atoms with Gasteiger partial charge in [-0.25, -0.2) is 0 Å². The van der Waals surface area contributed by atoms with Gasteiger partial charge in [-0.05, 0) is 51.1 Å². The molecule has 0 aromatic heterocycles. The van der Waals surface area contributed by atoms with Gasteiger partial charge in [0, 0.05) is 12.6 Å². The molecule has 1 aromatic carbocycles. The van der Waals surface area contributed by atoms with E-state index in [9.17, 15) is 0 Å². The van der Waals surface area contributed by atoms with E-state index in [4.69, 9.17) is 4.74 Å². The van der Waals surface area contributed by atoms with E-state index in [1.165, 1.54) is 23.2 Å². The van der Waals surface area contributed by atoms with Crippen LogP contribution in [0.2, 0.25) is 0 Å². The molecule has 1 atom stereocenters. The van der Waals surface area contributed by atoms with Crippen molar-refractivity contribution in [1.82, 2.24) is 4.90 Å². The van der Waals surface area contributed by atoms with Crippen LogP contribution in [0.4, 0.5) is 5.69 Å². The summed E-state index contributed by atoms with van der Waals surface area (Å²) in [4.78, 5) is 2.23. The number of anilines is 1. The topological polar surface area (TPSA) is 24.5 Å². The van der Waals surface area contributed by atoms with Gasteiger partial charge in [0.15, 0.2) is 0 Å². The summed E-state index contributed by atoms with van der Waals surface area (Å²) in [5.41, 5.74) is 3.85. The Kier molecular flexibility index (Phi) is 3.57. The lowest BCUT2D eigenvalue weighted by Crippen LogP contribution is -2.35. The lowest BCUT2D eigenvalue weighted by atomic mass is 9.95. The SMILES string of the molecule is COc1cc(C)cc2c1NC(CN(C)C)CC2. The molecule has 1 aromatic rings. The molecule has 0 saturated carbocycles. The molecule has 0 bridgehead atoms. The molecule has 17 heavy (non-hydrogen) atoms. The molecule has 3 heteroatoms. The minimum atomic E-state index is 0.522. The van der Waals surface area contributed by atoms with Crippen molar-refractivity contribution in [3.8, 4) is 5.75 Å². The Balaban J connectivity index is 2.24. The van der Waals surface area contributed by atoms with Crippen LogP contribution in [0.3, 0.4) is 0 Å². The van der Waals surface area contributed by atoms with Crippen molar-refractivity contribution in [1.29, 1.82) is 0 Å². The summed E-state index contributed by atoms with van der Waals surface area (Å²) >= 11 is 0. The fourth-order valence-corrected chi connectivity index (χ4v) is 2.53. The van der Waals surface area contributed by atoms with E-state index >= 15 is 0 Å². The normalized spacial score (nSPS) is 18.8. The number of hydrogen-bond donors (Lipinski definition) is 1. The monoisotopic (exact) mass is 234 g/mol. The first-order chi connectivity index (χ1) is 8.10. The van der Waals surface area contributed by atoms with Crippen LogP contribution >= 0.6 is 0 Å². The molecule has 1 N–H and O–H groups in total. The molecule has 0 saturated heterocycles. The van der Waals surface area contributed by atoms with Crippen molar-refractivity contribution in [3.63, 3.8) is 0 Å². The van der Waals surface area contributed by atoms with Gasteiger partial charge in [0.05, 0.1) is 12.8 Å². The maximum atomic E-state index is 5.47. The number of ether oxygens (including phenoxy) is 1. The molecule has 1 unspecified atom stereocenters. The number of benzene rings is 1. The quantitative estimate of drug-likeness (QED) is 0.868. The first kappa shape index (κ1) is 12.2. The van der Waals surface area contributed by atoms with Crippen molar-refractivity contribution in [2.75, 3.05) is 33.1 Å². The number of aryl methyl sites for hydroxylation is 2. The maximum Gasteiger partial charge on any atom is 0.142 e. The standard InChI is InChI=1S/C14H22N2O/c1-10-7-11-5-6-12(9-16(2)3)15-14(11)13(8-10)17-4/h7-8,12,15H,5-6,9H2,1-4H3. The fourth-order valence-electron chi connectivity index (χ4n) is 2.53. The van der Waals surface area contributed by atoms with Gasteiger partial charge in [-0.15, -0.1) is 0 Å². The number of rotatable bonds is 3. The van der Waals surface area contributed by atoms with Crippen LogP contribution in [0.5, 0.6) is 5.75 Å². The Morgan fingerprint density at radius 2 is 2.18 bits per heavy atom. The van der Waals surface area contributed by atoms with E-state index in [1.54, 1.807) is 7.11 Å². The third-order valence-electron chi connectivity index (χ3n) is 3.24.